The van der Waals surface area contributed by atoms with Crippen molar-refractivity contribution in [2.75, 3.05) is 19.8 Å². The van der Waals surface area contributed by atoms with Gasteiger partial charge in [0, 0.05) is 10.0 Å². The van der Waals surface area contributed by atoms with Crippen molar-refractivity contribution in [3.8, 4) is 11.5 Å². The van der Waals surface area contributed by atoms with Gasteiger partial charge in [0.15, 0.2) is 38.0 Å². The van der Waals surface area contributed by atoms with Gasteiger partial charge in [-0.3, -0.25) is 0 Å². The molecule has 0 aromatic heterocycles. The molecule has 2 saturated heterocycles. The second-order valence-electron chi connectivity index (χ2n) is 8.20. The Kier molecular flexibility index (Phi) is 9.83. The van der Waals surface area contributed by atoms with E-state index >= 15 is 0 Å². The number of aliphatic hydroxyl groups is 1. The Morgan fingerprint density at radius 3 is 1.92 bits per heavy atom. The third-order valence-corrected chi connectivity index (χ3v) is 6.53. The Bertz CT molecular complexity index is 1170. The maximum absolute atomic E-state index is 12.7. The lowest BCUT2D eigenvalue weighted by Gasteiger charge is -2.46. The van der Waals surface area contributed by atoms with Crippen LogP contribution in [0.25, 0.3) is 0 Å². The highest BCUT2D eigenvalue weighted by atomic mass is 35.5. The van der Waals surface area contributed by atoms with Crippen LogP contribution >= 0.6 is 46.4 Å². The molecule has 0 bridgehead atoms. The van der Waals surface area contributed by atoms with Crippen LogP contribution in [-0.2, 0) is 33.3 Å². The highest BCUT2D eigenvalue weighted by molar-refractivity contribution is 6.36. The number of hydrogen-bond donors (Lipinski definition) is 1. The minimum atomic E-state index is -1.66. The monoisotopic (exact) mass is 610 g/mol. The normalized spacial score (nSPS) is 26.7. The molecule has 2 aliphatic rings. The van der Waals surface area contributed by atoms with E-state index in [0.29, 0.717) is 10.0 Å². The fourth-order valence-corrected chi connectivity index (χ4v) is 4.70. The largest absolute Gasteiger partial charge is 0.480 e. The average Bonchev–Trinajstić information content (AvgIpc) is 2.85. The summed E-state index contributed by atoms with van der Waals surface area (Å²) in [6.07, 6.45) is -6.78. The van der Waals surface area contributed by atoms with Gasteiger partial charge in [-0.1, -0.05) is 46.4 Å². The van der Waals surface area contributed by atoms with Gasteiger partial charge in [-0.25, -0.2) is 9.59 Å². The quantitative estimate of drug-likeness (QED) is 0.438. The number of halogens is 4. The molecule has 2 aromatic rings. The van der Waals surface area contributed by atoms with Crippen molar-refractivity contribution in [1.29, 1.82) is 0 Å². The van der Waals surface area contributed by atoms with Crippen LogP contribution in [0, 0.1) is 0 Å². The Balaban J connectivity index is 1.43. The third-order valence-electron chi connectivity index (χ3n) is 5.47. The molecule has 2 fully saturated rings. The van der Waals surface area contributed by atoms with E-state index in [4.69, 9.17) is 79.6 Å². The van der Waals surface area contributed by atoms with Crippen molar-refractivity contribution in [3.05, 3.63) is 56.5 Å². The van der Waals surface area contributed by atoms with Gasteiger partial charge >= 0.3 is 11.9 Å². The van der Waals surface area contributed by atoms with Crippen molar-refractivity contribution in [2.24, 2.45) is 0 Å². The maximum atomic E-state index is 12.7. The number of carbonyl (C=O) groups excluding carboxylic acids is 2. The molecule has 2 aliphatic heterocycles. The lowest BCUT2D eigenvalue weighted by Crippen LogP contribution is -2.64. The summed E-state index contributed by atoms with van der Waals surface area (Å²) in [5, 5.41) is 11.8. The van der Waals surface area contributed by atoms with E-state index in [1.54, 1.807) is 13.0 Å². The molecule has 14 heteroatoms. The minimum absolute atomic E-state index is 0.0483. The molecule has 4 rings (SSSR count). The van der Waals surface area contributed by atoms with Crippen LogP contribution in [0.1, 0.15) is 6.92 Å². The van der Waals surface area contributed by atoms with E-state index in [0.717, 1.165) is 0 Å². The molecule has 0 spiro atoms. The lowest BCUT2D eigenvalue weighted by atomic mass is 9.97. The SMILES string of the molecule is CC1OC[C@H]2O[C@@H](O)[C@H](OC(=O)COc3ccc(Cl)cc3Cl)[C@@H](OC(=O)COc3ccc(Cl)cc3Cl)[C@@H]2O1. The summed E-state index contributed by atoms with van der Waals surface area (Å²) < 4.78 is 38.4. The van der Waals surface area contributed by atoms with Gasteiger partial charge < -0.3 is 38.3 Å². The summed E-state index contributed by atoms with van der Waals surface area (Å²) in [4.78, 5) is 25.3. The maximum Gasteiger partial charge on any atom is 0.344 e. The van der Waals surface area contributed by atoms with E-state index in [-0.39, 0.29) is 28.2 Å². The smallest absolute Gasteiger partial charge is 0.344 e. The predicted octanol–water partition coefficient (Wildman–Crippen LogP) is 4.06. The predicted molar refractivity (Wildman–Crippen MR) is 135 cm³/mol. The standard InChI is InChI=1S/C24H22Cl4O10/c1-11-32-8-18-21(35-11)22(37-19(29)9-33-16-4-2-12(25)6-14(16)27)23(24(31)36-18)38-20(30)10-34-17-5-3-13(26)7-15(17)28/h2-7,11,18,21-24,31H,8-10H2,1H3/t11?,18-,21-,22+,23-,24-/m1/s1. The van der Waals surface area contributed by atoms with Crippen LogP contribution in [0.4, 0.5) is 0 Å². The van der Waals surface area contributed by atoms with Crippen molar-refractivity contribution < 1.29 is 47.9 Å². The van der Waals surface area contributed by atoms with Crippen LogP contribution in [0.5, 0.6) is 11.5 Å². The van der Waals surface area contributed by atoms with Crippen LogP contribution < -0.4 is 9.47 Å². The Hall–Kier alpha value is -2.02. The van der Waals surface area contributed by atoms with Gasteiger partial charge in [0.2, 0.25) is 0 Å². The highest BCUT2D eigenvalue weighted by Crippen LogP contribution is 2.32. The molecule has 0 radical (unpaired) electrons. The molecule has 0 amide bonds. The first-order valence-corrected chi connectivity index (χ1v) is 12.8. The lowest BCUT2D eigenvalue weighted by molar-refractivity contribution is -0.350. The zero-order chi connectivity index (χ0) is 27.4. The van der Waals surface area contributed by atoms with Crippen LogP contribution in [0.2, 0.25) is 20.1 Å². The van der Waals surface area contributed by atoms with Crippen molar-refractivity contribution in [3.63, 3.8) is 0 Å². The molecule has 1 unspecified atom stereocenters. The summed E-state index contributed by atoms with van der Waals surface area (Å²) in [6.45, 7) is 0.568. The molecule has 1 N–H and O–H groups in total. The first kappa shape index (κ1) is 29.0. The number of esters is 2. The van der Waals surface area contributed by atoms with Crippen LogP contribution in [-0.4, -0.2) is 73.9 Å². The fourth-order valence-electron chi connectivity index (χ4n) is 3.77. The third kappa shape index (κ3) is 7.34. The van der Waals surface area contributed by atoms with Gasteiger partial charge in [-0.2, -0.15) is 0 Å². The number of hydrogen-bond acceptors (Lipinski definition) is 10. The number of carbonyl (C=O) groups is 2. The van der Waals surface area contributed by atoms with E-state index in [2.05, 4.69) is 0 Å². The summed E-state index contributed by atoms with van der Waals surface area (Å²) >= 11 is 23.9. The van der Waals surface area contributed by atoms with Gasteiger partial charge in [0.1, 0.15) is 23.7 Å². The summed E-state index contributed by atoms with van der Waals surface area (Å²) in [5.74, 6) is -1.35. The van der Waals surface area contributed by atoms with E-state index < -0.39 is 62.1 Å². The summed E-state index contributed by atoms with van der Waals surface area (Å²) in [5.41, 5.74) is 0. The van der Waals surface area contributed by atoms with Crippen LogP contribution in [0.15, 0.2) is 36.4 Å². The van der Waals surface area contributed by atoms with Crippen molar-refractivity contribution in [1.82, 2.24) is 0 Å². The molecular weight excluding hydrogens is 590 g/mol. The first-order valence-electron chi connectivity index (χ1n) is 11.3. The van der Waals surface area contributed by atoms with E-state index in [1.165, 1.54) is 30.3 Å². The molecule has 2 aromatic carbocycles. The zero-order valence-electron chi connectivity index (χ0n) is 19.7. The van der Waals surface area contributed by atoms with Gasteiger partial charge in [-0.15, -0.1) is 0 Å². The Labute approximate surface area is 237 Å². The highest BCUT2D eigenvalue weighted by Gasteiger charge is 2.52. The molecule has 10 nitrogen and oxygen atoms in total. The number of benzene rings is 2. The van der Waals surface area contributed by atoms with Gasteiger partial charge in [-0.05, 0) is 43.3 Å². The van der Waals surface area contributed by atoms with Crippen molar-refractivity contribution >= 4 is 58.3 Å². The molecule has 0 aliphatic carbocycles. The second-order valence-corrected chi connectivity index (χ2v) is 9.89. The second kappa shape index (κ2) is 12.9. The van der Waals surface area contributed by atoms with Gasteiger partial charge in [0.05, 0.1) is 16.7 Å². The average molecular weight is 612 g/mol. The minimum Gasteiger partial charge on any atom is -0.480 e. The fraction of sp³-hybridized carbons (Fsp3) is 0.417. The van der Waals surface area contributed by atoms with Crippen molar-refractivity contribution in [2.45, 2.75) is 43.9 Å². The van der Waals surface area contributed by atoms with E-state index in [1.807, 2.05) is 0 Å². The Morgan fingerprint density at radius 2 is 1.39 bits per heavy atom. The zero-order valence-corrected chi connectivity index (χ0v) is 22.7. The number of fused-ring (bicyclic) bond motifs is 1. The first-order chi connectivity index (χ1) is 18.1. The van der Waals surface area contributed by atoms with Crippen LogP contribution in [0.3, 0.4) is 0 Å². The van der Waals surface area contributed by atoms with E-state index in [9.17, 15) is 14.7 Å². The number of ether oxygens (including phenoxy) is 7. The topological polar surface area (TPSA) is 119 Å². The molecule has 38 heavy (non-hydrogen) atoms. The number of rotatable bonds is 8. The summed E-state index contributed by atoms with van der Waals surface area (Å²) in [6, 6.07) is 8.95. The molecule has 6 atom stereocenters. The molecule has 0 saturated carbocycles. The molecule has 206 valence electrons. The molecule has 2 heterocycles. The summed E-state index contributed by atoms with van der Waals surface area (Å²) in [7, 11) is 0. The molecular formula is C24H22Cl4O10. The van der Waals surface area contributed by atoms with Gasteiger partial charge in [0.25, 0.3) is 0 Å². The number of aliphatic hydroxyl groups excluding tert-OH is 1. The Morgan fingerprint density at radius 1 is 0.868 bits per heavy atom.